The maximum Gasteiger partial charge on any atom is 0.335 e. The molecule has 1 heterocycles. The molecule has 5 heteroatoms. The van der Waals surface area contributed by atoms with E-state index in [0.717, 1.165) is 12.8 Å². The average Bonchev–Trinajstić information content (AvgIpc) is 2.42. The fraction of sp³-hybridized carbons (Fsp3) is 0.412. The van der Waals surface area contributed by atoms with E-state index in [1.54, 1.807) is 6.07 Å². The summed E-state index contributed by atoms with van der Waals surface area (Å²) < 4.78 is 10.7. The minimum Gasteiger partial charge on any atom is -0.461 e. The van der Waals surface area contributed by atoms with Gasteiger partial charge in [-0.3, -0.25) is 4.79 Å². The second-order valence-corrected chi connectivity index (χ2v) is 6.11. The fourth-order valence-electron chi connectivity index (χ4n) is 1.71. The highest BCUT2D eigenvalue weighted by Crippen LogP contribution is 2.15. The summed E-state index contributed by atoms with van der Waals surface area (Å²) in [4.78, 5) is 22.8. The highest BCUT2D eigenvalue weighted by Gasteiger charge is 2.10. The van der Waals surface area contributed by atoms with Crippen molar-refractivity contribution in [1.29, 1.82) is 0 Å². The van der Waals surface area contributed by atoms with Crippen LogP contribution in [0.3, 0.4) is 0 Å². The summed E-state index contributed by atoms with van der Waals surface area (Å²) >= 11 is 3.23. The lowest BCUT2D eigenvalue weighted by molar-refractivity contribution is -0.141. The van der Waals surface area contributed by atoms with Gasteiger partial charge < -0.3 is 9.15 Å². The first-order chi connectivity index (χ1) is 10.4. The Hall–Kier alpha value is -1.62. The van der Waals surface area contributed by atoms with Gasteiger partial charge in [0.2, 0.25) is 0 Å². The molecule has 22 heavy (non-hydrogen) atoms. The Morgan fingerprint density at radius 1 is 1.27 bits per heavy atom. The van der Waals surface area contributed by atoms with Gasteiger partial charge in [-0.15, -0.1) is 0 Å². The van der Waals surface area contributed by atoms with Crippen LogP contribution in [0, 0.1) is 0 Å². The Morgan fingerprint density at radius 3 is 2.68 bits per heavy atom. The molecule has 0 bridgehead atoms. The van der Waals surface area contributed by atoms with Crippen LogP contribution >= 0.6 is 15.9 Å². The number of carbonyl (C=O) groups is 1. The van der Waals surface area contributed by atoms with Gasteiger partial charge in [-0.05, 0) is 61.7 Å². The van der Waals surface area contributed by atoms with E-state index in [4.69, 9.17) is 9.15 Å². The van der Waals surface area contributed by atoms with Crippen molar-refractivity contribution in [3.05, 3.63) is 56.1 Å². The zero-order valence-corrected chi connectivity index (χ0v) is 14.7. The highest BCUT2D eigenvalue weighted by atomic mass is 79.9. The lowest BCUT2D eigenvalue weighted by Crippen LogP contribution is -2.10. The molecule has 1 aromatic rings. The SMILES string of the molecule is CC(C)=CCC/C(C)=C/COC(=O)Cc1oc(=O)ccc1Br. The van der Waals surface area contributed by atoms with Gasteiger partial charge in [-0.2, -0.15) is 0 Å². The molecule has 0 radical (unpaired) electrons. The van der Waals surface area contributed by atoms with E-state index in [1.165, 1.54) is 17.2 Å². The number of esters is 1. The molecule has 0 unspecified atom stereocenters. The molecule has 0 aliphatic carbocycles. The predicted molar refractivity (Wildman–Crippen MR) is 89.8 cm³/mol. The maximum absolute atomic E-state index is 11.7. The summed E-state index contributed by atoms with van der Waals surface area (Å²) in [5.74, 6) is -0.148. The van der Waals surface area contributed by atoms with Crippen molar-refractivity contribution < 1.29 is 13.9 Å². The number of ether oxygens (including phenoxy) is 1. The van der Waals surface area contributed by atoms with E-state index >= 15 is 0 Å². The first kappa shape index (κ1) is 18.4. The standard InChI is InChI=1S/C17H21BrO4/c1-12(2)5-4-6-13(3)9-10-21-17(20)11-15-14(18)7-8-16(19)22-15/h5,7-9H,4,6,10-11H2,1-3H3/b13-9+. The van der Waals surface area contributed by atoms with Crippen LogP contribution in [0.25, 0.3) is 0 Å². The van der Waals surface area contributed by atoms with Crippen LogP contribution in [0.5, 0.6) is 0 Å². The molecule has 1 aromatic heterocycles. The largest absolute Gasteiger partial charge is 0.461 e. The van der Waals surface area contributed by atoms with Crippen LogP contribution in [0.2, 0.25) is 0 Å². The maximum atomic E-state index is 11.7. The summed E-state index contributed by atoms with van der Waals surface area (Å²) in [6.45, 7) is 6.38. The first-order valence-electron chi connectivity index (χ1n) is 7.11. The van der Waals surface area contributed by atoms with Crippen LogP contribution in [0.15, 0.2) is 49.1 Å². The van der Waals surface area contributed by atoms with Gasteiger partial charge >= 0.3 is 11.6 Å². The summed E-state index contributed by atoms with van der Waals surface area (Å²) in [7, 11) is 0. The van der Waals surface area contributed by atoms with Gasteiger partial charge in [-0.25, -0.2) is 4.79 Å². The number of hydrogen-bond donors (Lipinski definition) is 0. The second-order valence-electron chi connectivity index (χ2n) is 5.26. The van der Waals surface area contributed by atoms with Gasteiger partial charge in [0, 0.05) is 6.07 Å². The number of hydrogen-bond acceptors (Lipinski definition) is 4. The zero-order chi connectivity index (χ0) is 16.5. The number of carbonyl (C=O) groups excluding carboxylic acids is 1. The van der Waals surface area contributed by atoms with E-state index in [-0.39, 0.29) is 18.8 Å². The van der Waals surface area contributed by atoms with Crippen LogP contribution in [-0.2, 0) is 16.0 Å². The number of rotatable bonds is 7. The lowest BCUT2D eigenvalue weighted by Gasteiger charge is -2.04. The smallest absolute Gasteiger partial charge is 0.335 e. The van der Waals surface area contributed by atoms with Crippen molar-refractivity contribution in [2.45, 2.75) is 40.0 Å². The van der Waals surface area contributed by atoms with Gasteiger partial charge in [-0.1, -0.05) is 17.2 Å². The molecular weight excluding hydrogens is 348 g/mol. The van der Waals surface area contributed by atoms with E-state index in [0.29, 0.717) is 4.47 Å². The third kappa shape index (κ3) is 7.41. The minimum atomic E-state index is -0.485. The van der Waals surface area contributed by atoms with E-state index < -0.39 is 11.6 Å². The van der Waals surface area contributed by atoms with E-state index in [9.17, 15) is 9.59 Å². The number of allylic oxidation sites excluding steroid dienone is 3. The van der Waals surface area contributed by atoms with Crippen LogP contribution in [0.4, 0.5) is 0 Å². The van der Waals surface area contributed by atoms with Crippen molar-refractivity contribution in [3.8, 4) is 0 Å². The molecule has 0 amide bonds. The Balaban J connectivity index is 2.41. The number of halogens is 1. The Kier molecular flexibility index (Phi) is 7.88. The van der Waals surface area contributed by atoms with Gasteiger partial charge in [0.25, 0.3) is 0 Å². The molecule has 0 atom stereocenters. The second kappa shape index (κ2) is 9.41. The normalized spacial score (nSPS) is 11.2. The molecular formula is C17H21BrO4. The summed E-state index contributed by atoms with van der Waals surface area (Å²) in [6.07, 6.45) is 5.94. The first-order valence-corrected chi connectivity index (χ1v) is 7.91. The van der Waals surface area contributed by atoms with Gasteiger partial charge in [0.1, 0.15) is 18.8 Å². The zero-order valence-electron chi connectivity index (χ0n) is 13.1. The third-order valence-corrected chi connectivity index (χ3v) is 3.63. The molecule has 0 aliphatic heterocycles. The molecule has 1 rings (SSSR count). The fourth-order valence-corrected chi connectivity index (χ4v) is 2.06. The molecule has 4 nitrogen and oxygen atoms in total. The Labute approximate surface area is 139 Å². The van der Waals surface area contributed by atoms with Crippen molar-refractivity contribution in [2.24, 2.45) is 0 Å². The monoisotopic (exact) mass is 368 g/mol. The highest BCUT2D eigenvalue weighted by molar-refractivity contribution is 9.10. The van der Waals surface area contributed by atoms with Crippen molar-refractivity contribution in [3.63, 3.8) is 0 Å². The minimum absolute atomic E-state index is 0.0681. The molecule has 0 N–H and O–H groups in total. The van der Waals surface area contributed by atoms with Crippen molar-refractivity contribution in [1.82, 2.24) is 0 Å². The van der Waals surface area contributed by atoms with E-state index in [1.807, 2.05) is 13.0 Å². The molecule has 0 fully saturated rings. The Bertz CT molecular complexity index is 622. The summed E-state index contributed by atoms with van der Waals surface area (Å²) in [5, 5.41) is 0. The predicted octanol–water partition coefficient (Wildman–Crippen LogP) is 4.18. The van der Waals surface area contributed by atoms with Crippen molar-refractivity contribution in [2.75, 3.05) is 6.61 Å². The van der Waals surface area contributed by atoms with Gasteiger partial charge in [0.15, 0.2) is 0 Å². The Morgan fingerprint density at radius 2 is 2.00 bits per heavy atom. The molecule has 0 spiro atoms. The summed E-state index contributed by atoms with van der Waals surface area (Å²) in [6, 6.07) is 2.85. The van der Waals surface area contributed by atoms with E-state index in [2.05, 4.69) is 35.9 Å². The van der Waals surface area contributed by atoms with Crippen LogP contribution < -0.4 is 5.63 Å². The summed E-state index contributed by atoms with van der Waals surface area (Å²) in [5.41, 5.74) is 1.99. The topological polar surface area (TPSA) is 56.5 Å². The molecule has 0 saturated heterocycles. The van der Waals surface area contributed by atoms with Crippen LogP contribution in [0.1, 0.15) is 39.4 Å². The van der Waals surface area contributed by atoms with Gasteiger partial charge in [0.05, 0.1) is 4.47 Å². The molecule has 0 aliphatic rings. The molecule has 0 aromatic carbocycles. The quantitative estimate of drug-likeness (QED) is 0.534. The third-order valence-electron chi connectivity index (χ3n) is 2.93. The van der Waals surface area contributed by atoms with Crippen LogP contribution in [-0.4, -0.2) is 12.6 Å². The van der Waals surface area contributed by atoms with Crippen molar-refractivity contribution >= 4 is 21.9 Å². The lowest BCUT2D eigenvalue weighted by atomic mass is 10.1. The molecule has 0 saturated carbocycles. The average molecular weight is 369 g/mol. The molecule has 120 valence electrons.